The van der Waals surface area contributed by atoms with Crippen molar-refractivity contribution in [3.8, 4) is 11.3 Å². The number of para-hydroxylation sites is 1. The van der Waals surface area contributed by atoms with E-state index < -0.39 is 0 Å². The van der Waals surface area contributed by atoms with E-state index in [0.717, 1.165) is 21.4 Å². The summed E-state index contributed by atoms with van der Waals surface area (Å²) in [5.41, 5.74) is 2.63. The Bertz CT molecular complexity index is 825. The summed E-state index contributed by atoms with van der Waals surface area (Å²) in [6.07, 6.45) is 1.71. The standard InChI is InChI=1S/C18H14BrN3OS/c19-14-8-6-13(7-9-14)16-10-11-20-18(22-16)24-12-17(23)21-15-4-2-1-3-5-15/h1-11H,12H2,(H,21,23). The van der Waals surface area contributed by atoms with Crippen LogP contribution in [-0.2, 0) is 4.79 Å². The second kappa shape index (κ2) is 8.08. The van der Waals surface area contributed by atoms with Gasteiger partial charge in [0.25, 0.3) is 0 Å². The van der Waals surface area contributed by atoms with Crippen LogP contribution < -0.4 is 5.32 Å². The Balaban J connectivity index is 1.62. The number of anilines is 1. The molecule has 0 aliphatic carbocycles. The maximum atomic E-state index is 12.0. The van der Waals surface area contributed by atoms with E-state index in [2.05, 4.69) is 31.2 Å². The second-order valence-electron chi connectivity index (χ2n) is 4.93. The van der Waals surface area contributed by atoms with Crippen LogP contribution in [0.3, 0.4) is 0 Å². The molecule has 0 bridgehead atoms. The number of hydrogen-bond donors (Lipinski definition) is 1. The lowest BCUT2D eigenvalue weighted by Gasteiger charge is -2.05. The number of thioether (sulfide) groups is 1. The molecule has 0 saturated carbocycles. The van der Waals surface area contributed by atoms with Crippen molar-refractivity contribution in [2.24, 2.45) is 0 Å². The number of benzene rings is 2. The molecule has 3 aromatic rings. The number of carbonyl (C=O) groups is 1. The molecule has 1 heterocycles. The highest BCUT2D eigenvalue weighted by Gasteiger charge is 2.07. The number of hydrogen-bond acceptors (Lipinski definition) is 4. The number of carbonyl (C=O) groups excluding carboxylic acids is 1. The quantitative estimate of drug-likeness (QED) is 0.501. The highest BCUT2D eigenvalue weighted by Crippen LogP contribution is 2.22. The van der Waals surface area contributed by atoms with Crippen molar-refractivity contribution in [1.82, 2.24) is 9.97 Å². The van der Waals surface area contributed by atoms with Crippen LogP contribution in [0.2, 0.25) is 0 Å². The third-order valence-electron chi connectivity index (χ3n) is 3.16. The Kier molecular flexibility index (Phi) is 5.61. The molecule has 0 aliphatic rings. The molecule has 0 saturated heterocycles. The van der Waals surface area contributed by atoms with E-state index in [1.54, 1.807) is 6.20 Å². The zero-order valence-corrected chi connectivity index (χ0v) is 15.0. The average Bonchev–Trinajstić information content (AvgIpc) is 2.62. The van der Waals surface area contributed by atoms with Gasteiger partial charge in [-0.05, 0) is 30.3 Å². The van der Waals surface area contributed by atoms with Crippen molar-refractivity contribution in [3.63, 3.8) is 0 Å². The van der Waals surface area contributed by atoms with Crippen molar-refractivity contribution in [2.45, 2.75) is 5.16 Å². The first-order chi connectivity index (χ1) is 11.7. The molecule has 0 atom stereocenters. The predicted octanol–water partition coefficient (Wildman–Crippen LogP) is 4.64. The van der Waals surface area contributed by atoms with Gasteiger partial charge < -0.3 is 5.32 Å². The highest BCUT2D eigenvalue weighted by atomic mass is 79.9. The monoisotopic (exact) mass is 399 g/mol. The van der Waals surface area contributed by atoms with Crippen molar-refractivity contribution in [3.05, 3.63) is 71.3 Å². The first-order valence-corrected chi connectivity index (χ1v) is 9.05. The molecule has 0 radical (unpaired) electrons. The summed E-state index contributed by atoms with van der Waals surface area (Å²) in [6.45, 7) is 0. The molecule has 4 nitrogen and oxygen atoms in total. The summed E-state index contributed by atoms with van der Waals surface area (Å²) < 4.78 is 1.02. The number of nitrogens with one attached hydrogen (secondary N) is 1. The van der Waals surface area contributed by atoms with E-state index in [1.807, 2.05) is 60.7 Å². The summed E-state index contributed by atoms with van der Waals surface area (Å²) in [5, 5.41) is 3.43. The molecule has 0 spiro atoms. The van der Waals surface area contributed by atoms with Gasteiger partial charge >= 0.3 is 0 Å². The fourth-order valence-corrected chi connectivity index (χ4v) is 2.94. The predicted molar refractivity (Wildman–Crippen MR) is 101 cm³/mol. The molecule has 24 heavy (non-hydrogen) atoms. The van der Waals surface area contributed by atoms with E-state index in [1.165, 1.54) is 11.8 Å². The van der Waals surface area contributed by atoms with Gasteiger partial charge in [0.15, 0.2) is 5.16 Å². The molecule has 120 valence electrons. The Hall–Kier alpha value is -2.18. The maximum absolute atomic E-state index is 12.0. The molecule has 0 fully saturated rings. The lowest BCUT2D eigenvalue weighted by atomic mass is 10.1. The van der Waals surface area contributed by atoms with Gasteiger partial charge in [0, 0.05) is 21.9 Å². The van der Waals surface area contributed by atoms with Crippen LogP contribution in [0.15, 0.2) is 76.5 Å². The Labute approximate surface area is 152 Å². The van der Waals surface area contributed by atoms with Crippen LogP contribution in [0.25, 0.3) is 11.3 Å². The van der Waals surface area contributed by atoms with Gasteiger partial charge in [0.2, 0.25) is 5.91 Å². The zero-order valence-electron chi connectivity index (χ0n) is 12.6. The normalized spacial score (nSPS) is 10.4. The van der Waals surface area contributed by atoms with Crippen LogP contribution >= 0.6 is 27.7 Å². The van der Waals surface area contributed by atoms with Gasteiger partial charge in [-0.15, -0.1) is 0 Å². The molecule has 1 N–H and O–H groups in total. The highest BCUT2D eigenvalue weighted by molar-refractivity contribution is 9.10. The van der Waals surface area contributed by atoms with Gasteiger partial charge in [-0.3, -0.25) is 4.79 Å². The van der Waals surface area contributed by atoms with Crippen LogP contribution in [0.5, 0.6) is 0 Å². The van der Waals surface area contributed by atoms with Crippen molar-refractivity contribution >= 4 is 39.3 Å². The molecular formula is C18H14BrN3OS. The smallest absolute Gasteiger partial charge is 0.234 e. The van der Waals surface area contributed by atoms with E-state index >= 15 is 0 Å². The van der Waals surface area contributed by atoms with Gasteiger partial charge in [-0.25, -0.2) is 9.97 Å². The zero-order chi connectivity index (χ0) is 16.8. The molecular weight excluding hydrogens is 386 g/mol. The topological polar surface area (TPSA) is 54.9 Å². The van der Waals surface area contributed by atoms with Crippen LogP contribution in [0.4, 0.5) is 5.69 Å². The summed E-state index contributed by atoms with van der Waals surface area (Å²) in [6, 6.07) is 19.2. The lowest BCUT2D eigenvalue weighted by molar-refractivity contribution is -0.113. The average molecular weight is 400 g/mol. The maximum Gasteiger partial charge on any atom is 0.234 e. The number of halogens is 1. The van der Waals surface area contributed by atoms with E-state index in [4.69, 9.17) is 0 Å². The molecule has 0 unspecified atom stereocenters. The fraction of sp³-hybridized carbons (Fsp3) is 0.0556. The van der Waals surface area contributed by atoms with Crippen molar-refractivity contribution < 1.29 is 4.79 Å². The minimum atomic E-state index is -0.0798. The number of nitrogens with zero attached hydrogens (tertiary/aromatic N) is 2. The Morgan fingerprint density at radius 3 is 2.54 bits per heavy atom. The van der Waals surface area contributed by atoms with Gasteiger partial charge in [0.05, 0.1) is 11.4 Å². The summed E-state index contributed by atoms with van der Waals surface area (Å²) in [7, 11) is 0. The van der Waals surface area contributed by atoms with Crippen LogP contribution in [-0.4, -0.2) is 21.6 Å². The SMILES string of the molecule is O=C(CSc1nccc(-c2ccc(Br)cc2)n1)Nc1ccccc1. The Morgan fingerprint density at radius 1 is 1.04 bits per heavy atom. The Morgan fingerprint density at radius 2 is 1.79 bits per heavy atom. The number of amides is 1. The van der Waals surface area contributed by atoms with Crippen LogP contribution in [0.1, 0.15) is 0 Å². The van der Waals surface area contributed by atoms with Gasteiger partial charge in [-0.2, -0.15) is 0 Å². The molecule has 6 heteroatoms. The minimum absolute atomic E-state index is 0.0798. The summed E-state index contributed by atoms with van der Waals surface area (Å²) in [4.78, 5) is 20.7. The first kappa shape index (κ1) is 16.7. The largest absolute Gasteiger partial charge is 0.325 e. The van der Waals surface area contributed by atoms with Crippen molar-refractivity contribution in [2.75, 3.05) is 11.1 Å². The van der Waals surface area contributed by atoms with Crippen molar-refractivity contribution in [1.29, 1.82) is 0 Å². The lowest BCUT2D eigenvalue weighted by Crippen LogP contribution is -2.14. The van der Waals surface area contributed by atoms with E-state index in [9.17, 15) is 4.79 Å². The van der Waals surface area contributed by atoms with Gasteiger partial charge in [0.1, 0.15) is 0 Å². The fourth-order valence-electron chi connectivity index (χ4n) is 2.04. The second-order valence-corrected chi connectivity index (χ2v) is 6.79. The molecule has 3 rings (SSSR count). The van der Waals surface area contributed by atoms with E-state index in [0.29, 0.717) is 5.16 Å². The first-order valence-electron chi connectivity index (χ1n) is 7.27. The molecule has 2 aromatic carbocycles. The molecule has 0 aliphatic heterocycles. The van der Waals surface area contributed by atoms with Crippen LogP contribution in [0, 0.1) is 0 Å². The molecule has 1 aromatic heterocycles. The number of rotatable bonds is 5. The van der Waals surface area contributed by atoms with E-state index in [-0.39, 0.29) is 11.7 Å². The third kappa shape index (κ3) is 4.66. The molecule has 1 amide bonds. The summed E-state index contributed by atoms with van der Waals surface area (Å²) >= 11 is 4.74. The third-order valence-corrected chi connectivity index (χ3v) is 4.55. The number of aromatic nitrogens is 2. The minimum Gasteiger partial charge on any atom is -0.325 e. The van der Waals surface area contributed by atoms with Gasteiger partial charge in [-0.1, -0.05) is 58.0 Å². The summed E-state index contributed by atoms with van der Waals surface area (Å²) in [5.74, 6) is 0.183.